The van der Waals surface area contributed by atoms with Gasteiger partial charge in [0.1, 0.15) is 11.0 Å². The Bertz CT molecular complexity index is 1060. The maximum atomic E-state index is 6.47. The quantitative estimate of drug-likeness (QED) is 0.369. The first-order chi connectivity index (χ1) is 11.7. The number of pyridine rings is 1. The fourth-order valence-corrected chi connectivity index (χ4v) is 3.61. The number of imidazole rings is 1. The summed E-state index contributed by atoms with van der Waals surface area (Å²) in [7, 11) is 0. The third-order valence-corrected chi connectivity index (χ3v) is 5.28. The average molecular weight is 354 g/mol. The van der Waals surface area contributed by atoms with E-state index in [0.29, 0.717) is 11.7 Å². The Kier molecular flexibility index (Phi) is 3.94. The standard InChI is InChI=1S/C19H16ClN3S/c1-12-21-16-5-3-4-6-18(16)23(12)11-14-9-13-7-8-15(24-2)10-17(13)22-19(14)20/h3-10H,11H2,1-2H3. The van der Waals surface area contributed by atoms with Crippen molar-refractivity contribution in [3.8, 4) is 0 Å². The van der Waals surface area contributed by atoms with Gasteiger partial charge in [0.15, 0.2) is 0 Å². The molecule has 0 N–H and O–H groups in total. The van der Waals surface area contributed by atoms with Crippen LogP contribution in [-0.2, 0) is 6.54 Å². The van der Waals surface area contributed by atoms with Crippen molar-refractivity contribution in [3.05, 3.63) is 65.1 Å². The summed E-state index contributed by atoms with van der Waals surface area (Å²) >= 11 is 8.17. The van der Waals surface area contributed by atoms with Gasteiger partial charge in [0.25, 0.3) is 0 Å². The first-order valence-electron chi connectivity index (χ1n) is 7.71. The maximum absolute atomic E-state index is 6.47. The van der Waals surface area contributed by atoms with Crippen molar-refractivity contribution < 1.29 is 0 Å². The van der Waals surface area contributed by atoms with E-state index >= 15 is 0 Å². The number of rotatable bonds is 3. The molecule has 0 aliphatic heterocycles. The molecule has 0 saturated heterocycles. The van der Waals surface area contributed by atoms with Gasteiger partial charge >= 0.3 is 0 Å². The predicted octanol–water partition coefficient (Wildman–Crippen LogP) is 5.32. The van der Waals surface area contributed by atoms with Gasteiger partial charge in [-0.05, 0) is 43.5 Å². The third kappa shape index (κ3) is 2.66. The topological polar surface area (TPSA) is 30.7 Å². The third-order valence-electron chi connectivity index (χ3n) is 4.22. The second-order valence-corrected chi connectivity index (χ2v) is 6.97. The first-order valence-corrected chi connectivity index (χ1v) is 9.31. The van der Waals surface area contributed by atoms with Crippen LogP contribution >= 0.6 is 23.4 Å². The van der Waals surface area contributed by atoms with Crippen molar-refractivity contribution in [1.29, 1.82) is 0 Å². The van der Waals surface area contributed by atoms with Crippen LogP contribution in [0.3, 0.4) is 0 Å². The van der Waals surface area contributed by atoms with Crippen molar-refractivity contribution in [3.63, 3.8) is 0 Å². The number of hydrogen-bond acceptors (Lipinski definition) is 3. The normalized spacial score (nSPS) is 11.5. The lowest BCUT2D eigenvalue weighted by molar-refractivity contribution is 0.784. The van der Waals surface area contributed by atoms with Crippen LogP contribution in [0.4, 0.5) is 0 Å². The Balaban J connectivity index is 1.81. The summed E-state index contributed by atoms with van der Waals surface area (Å²) in [6.07, 6.45) is 2.06. The molecule has 0 aliphatic carbocycles. The van der Waals surface area contributed by atoms with Gasteiger partial charge in [-0.1, -0.05) is 29.8 Å². The molecule has 2 heterocycles. The lowest BCUT2D eigenvalue weighted by Gasteiger charge is -2.10. The maximum Gasteiger partial charge on any atom is 0.134 e. The molecule has 0 bridgehead atoms. The summed E-state index contributed by atoms with van der Waals surface area (Å²) in [5, 5.41) is 1.66. The number of hydrogen-bond donors (Lipinski definition) is 0. The molecule has 120 valence electrons. The molecule has 0 spiro atoms. The molecule has 0 fully saturated rings. The molecule has 2 aromatic carbocycles. The van der Waals surface area contributed by atoms with Crippen molar-refractivity contribution in [2.24, 2.45) is 0 Å². The molecule has 4 aromatic rings. The van der Waals surface area contributed by atoms with Crippen LogP contribution in [-0.4, -0.2) is 20.8 Å². The monoisotopic (exact) mass is 353 g/mol. The molecule has 3 nitrogen and oxygen atoms in total. The number of fused-ring (bicyclic) bond motifs is 2. The minimum Gasteiger partial charge on any atom is -0.324 e. The molecule has 0 atom stereocenters. The summed E-state index contributed by atoms with van der Waals surface area (Å²) in [5.41, 5.74) is 4.06. The molecule has 0 unspecified atom stereocenters. The number of halogens is 1. The number of thioether (sulfide) groups is 1. The Labute approximate surface area is 149 Å². The molecule has 5 heteroatoms. The van der Waals surface area contributed by atoms with Crippen LogP contribution in [0, 0.1) is 6.92 Å². The smallest absolute Gasteiger partial charge is 0.134 e. The zero-order chi connectivity index (χ0) is 16.7. The van der Waals surface area contributed by atoms with Crippen LogP contribution in [0.5, 0.6) is 0 Å². The molecule has 0 saturated carbocycles. The van der Waals surface area contributed by atoms with Gasteiger partial charge in [-0.2, -0.15) is 0 Å². The number of para-hydroxylation sites is 2. The van der Waals surface area contributed by atoms with Crippen LogP contribution in [0.2, 0.25) is 5.15 Å². The Morgan fingerprint density at radius 2 is 1.88 bits per heavy atom. The molecule has 24 heavy (non-hydrogen) atoms. The van der Waals surface area contributed by atoms with Gasteiger partial charge in [0.2, 0.25) is 0 Å². The fourth-order valence-electron chi connectivity index (χ4n) is 2.97. The highest BCUT2D eigenvalue weighted by atomic mass is 35.5. The van der Waals surface area contributed by atoms with E-state index in [9.17, 15) is 0 Å². The Morgan fingerprint density at radius 3 is 2.71 bits per heavy atom. The number of aryl methyl sites for hydroxylation is 1. The molecular formula is C19H16ClN3S. The number of aromatic nitrogens is 3. The van der Waals surface area contributed by atoms with Gasteiger partial charge in [-0.25, -0.2) is 9.97 Å². The van der Waals surface area contributed by atoms with E-state index in [1.165, 1.54) is 4.90 Å². The summed E-state index contributed by atoms with van der Waals surface area (Å²) in [5.74, 6) is 0.977. The van der Waals surface area contributed by atoms with E-state index in [0.717, 1.165) is 33.3 Å². The lowest BCUT2D eigenvalue weighted by atomic mass is 10.1. The predicted molar refractivity (Wildman–Crippen MR) is 102 cm³/mol. The van der Waals surface area contributed by atoms with E-state index in [2.05, 4.69) is 51.1 Å². The Morgan fingerprint density at radius 1 is 1.04 bits per heavy atom. The van der Waals surface area contributed by atoms with Crippen molar-refractivity contribution in [2.75, 3.05) is 6.26 Å². The Hall–Kier alpha value is -2.04. The van der Waals surface area contributed by atoms with Gasteiger partial charge in [-0.3, -0.25) is 0 Å². The second-order valence-electron chi connectivity index (χ2n) is 5.73. The van der Waals surface area contributed by atoms with Crippen molar-refractivity contribution in [1.82, 2.24) is 14.5 Å². The van der Waals surface area contributed by atoms with Gasteiger partial charge < -0.3 is 4.57 Å². The van der Waals surface area contributed by atoms with E-state index in [4.69, 9.17) is 11.6 Å². The highest BCUT2D eigenvalue weighted by Crippen LogP contribution is 2.26. The van der Waals surface area contributed by atoms with E-state index < -0.39 is 0 Å². The van der Waals surface area contributed by atoms with Gasteiger partial charge in [0.05, 0.1) is 23.1 Å². The van der Waals surface area contributed by atoms with E-state index in [1.807, 2.05) is 25.1 Å². The molecule has 0 amide bonds. The highest BCUT2D eigenvalue weighted by Gasteiger charge is 2.11. The molecule has 0 aliphatic rings. The van der Waals surface area contributed by atoms with Crippen LogP contribution in [0.1, 0.15) is 11.4 Å². The van der Waals surface area contributed by atoms with Gasteiger partial charge in [-0.15, -0.1) is 11.8 Å². The second kappa shape index (κ2) is 6.11. The highest BCUT2D eigenvalue weighted by molar-refractivity contribution is 7.98. The first kappa shape index (κ1) is 15.5. The minimum atomic E-state index is 0.554. The summed E-state index contributed by atoms with van der Waals surface area (Å²) in [6.45, 7) is 2.69. The molecular weight excluding hydrogens is 338 g/mol. The van der Waals surface area contributed by atoms with Crippen molar-refractivity contribution >= 4 is 45.3 Å². The zero-order valence-electron chi connectivity index (χ0n) is 13.5. The molecule has 2 aromatic heterocycles. The SMILES string of the molecule is CSc1ccc2cc(Cn3c(C)nc4ccccc43)c(Cl)nc2c1. The fraction of sp³-hybridized carbons (Fsp3) is 0.158. The number of nitrogens with zero attached hydrogens (tertiary/aromatic N) is 3. The van der Waals surface area contributed by atoms with Crippen LogP contribution in [0.15, 0.2) is 53.4 Å². The summed E-state index contributed by atoms with van der Waals surface area (Å²) in [6, 6.07) is 16.6. The number of benzene rings is 2. The van der Waals surface area contributed by atoms with Crippen LogP contribution in [0.25, 0.3) is 21.9 Å². The van der Waals surface area contributed by atoms with E-state index in [1.54, 1.807) is 11.8 Å². The average Bonchev–Trinajstić information content (AvgIpc) is 2.91. The van der Waals surface area contributed by atoms with Crippen molar-refractivity contribution in [2.45, 2.75) is 18.4 Å². The molecule has 4 rings (SSSR count). The summed E-state index contributed by atoms with van der Waals surface area (Å²) < 4.78 is 2.18. The lowest BCUT2D eigenvalue weighted by Crippen LogP contribution is -2.03. The minimum absolute atomic E-state index is 0.554. The molecule has 0 radical (unpaired) electrons. The zero-order valence-corrected chi connectivity index (χ0v) is 15.0. The summed E-state index contributed by atoms with van der Waals surface area (Å²) in [4.78, 5) is 10.4. The van der Waals surface area contributed by atoms with E-state index in [-0.39, 0.29) is 0 Å². The van der Waals surface area contributed by atoms with Gasteiger partial charge in [0, 0.05) is 15.8 Å². The largest absolute Gasteiger partial charge is 0.324 e. The van der Waals surface area contributed by atoms with Crippen LogP contribution < -0.4 is 0 Å².